The second-order valence-electron chi connectivity index (χ2n) is 9.32. The van der Waals surface area contributed by atoms with Crippen molar-refractivity contribution in [2.45, 2.75) is 19.0 Å². The number of phosphoric ester groups is 1. The summed E-state index contributed by atoms with van der Waals surface area (Å²) >= 11 is -1.45. The molecule has 44 heavy (non-hydrogen) atoms. The molecule has 1 atom stereocenters. The van der Waals surface area contributed by atoms with Crippen LogP contribution in [0.2, 0.25) is 0 Å². The molecule has 4 aromatic rings. The molecular weight excluding hydrogens is 603 g/mol. The van der Waals surface area contributed by atoms with E-state index in [1.54, 1.807) is 48.9 Å². The van der Waals surface area contributed by atoms with Gasteiger partial charge in [-0.3, -0.25) is 9.05 Å². The van der Waals surface area contributed by atoms with E-state index in [2.05, 4.69) is 0 Å². The Morgan fingerprint density at radius 2 is 1.20 bits per heavy atom. The third-order valence-corrected chi connectivity index (χ3v) is 8.72. The number of phosphoric acid groups is 1. The summed E-state index contributed by atoms with van der Waals surface area (Å²) in [5.74, 6) is 2.18. The van der Waals surface area contributed by atoms with Gasteiger partial charge in [0.1, 0.15) is 28.4 Å². The third kappa shape index (κ3) is 9.29. The molecule has 0 fully saturated rings. The van der Waals surface area contributed by atoms with Gasteiger partial charge in [0.15, 0.2) is 11.5 Å². The van der Waals surface area contributed by atoms with E-state index in [0.717, 1.165) is 11.1 Å². The molecule has 0 saturated heterocycles. The molecule has 0 aliphatic carbocycles. The van der Waals surface area contributed by atoms with Gasteiger partial charge in [0.2, 0.25) is 0 Å². The normalized spacial score (nSPS) is 12.1. The van der Waals surface area contributed by atoms with Gasteiger partial charge in [-0.05, 0) is 34.4 Å². The number of hydrogen-bond donors (Lipinski definition) is 0. The Hall–Kier alpha value is -3.92. The number of hydrogen-bond acceptors (Lipinski definition) is 9. The minimum atomic E-state index is -4.15. The maximum absolute atomic E-state index is 13.9. The van der Waals surface area contributed by atoms with Crippen molar-refractivity contribution in [3.63, 3.8) is 0 Å². The van der Waals surface area contributed by atoms with E-state index < -0.39 is 19.0 Å². The van der Waals surface area contributed by atoms with Crippen molar-refractivity contribution in [3.05, 3.63) is 119 Å². The molecule has 0 amide bonds. The van der Waals surface area contributed by atoms with Crippen LogP contribution in [-0.4, -0.2) is 33.0 Å². The van der Waals surface area contributed by atoms with Crippen molar-refractivity contribution in [1.82, 2.24) is 0 Å². The maximum atomic E-state index is 13.9. The summed E-state index contributed by atoms with van der Waals surface area (Å²) in [5.41, 5.74) is 2.87. The van der Waals surface area contributed by atoms with Crippen molar-refractivity contribution in [2.24, 2.45) is 0 Å². The van der Waals surface area contributed by atoms with Gasteiger partial charge in [-0.1, -0.05) is 66.7 Å². The molecule has 4 aromatic carbocycles. The first kappa shape index (κ1) is 33.0. The van der Waals surface area contributed by atoms with E-state index in [-0.39, 0.29) is 24.7 Å². The van der Waals surface area contributed by atoms with Crippen molar-refractivity contribution >= 4 is 25.1 Å². The van der Waals surface area contributed by atoms with Crippen LogP contribution in [0.3, 0.4) is 0 Å². The highest BCUT2D eigenvalue weighted by Crippen LogP contribution is 2.53. The van der Waals surface area contributed by atoms with E-state index in [0.29, 0.717) is 34.1 Å². The summed E-state index contributed by atoms with van der Waals surface area (Å²) in [7, 11) is 1.94. The molecule has 0 bridgehead atoms. The lowest BCUT2D eigenvalue weighted by Crippen LogP contribution is -2.06. The monoisotopic (exact) mass is 638 g/mol. The Kier molecular flexibility index (Phi) is 12.2. The van der Waals surface area contributed by atoms with Crippen LogP contribution in [0.25, 0.3) is 6.08 Å². The fourth-order valence-corrected chi connectivity index (χ4v) is 6.17. The summed E-state index contributed by atoms with van der Waals surface area (Å²) in [6, 6.07) is 27.1. The Morgan fingerprint density at radius 3 is 1.70 bits per heavy atom. The molecule has 0 radical (unpaired) electrons. The Morgan fingerprint density at radius 1 is 0.659 bits per heavy atom. The molecule has 0 spiro atoms. The van der Waals surface area contributed by atoms with Crippen LogP contribution in [0, 0.1) is 0 Å². The van der Waals surface area contributed by atoms with Gasteiger partial charge >= 0.3 is 7.82 Å². The summed E-state index contributed by atoms with van der Waals surface area (Å²) < 4.78 is 66.2. The molecular formula is C33H35O9PS. The molecule has 0 N–H and O–H groups in total. The molecule has 11 heteroatoms. The topological polar surface area (TPSA) is 105 Å². The Balaban J connectivity index is 1.54. The summed E-state index contributed by atoms with van der Waals surface area (Å²) in [4.78, 5) is 0. The molecule has 0 saturated carbocycles. The average Bonchev–Trinajstić information content (AvgIpc) is 3.06. The zero-order chi connectivity index (χ0) is 31.4. The van der Waals surface area contributed by atoms with Crippen LogP contribution in [0.4, 0.5) is 0 Å². The minimum absolute atomic E-state index is 0.00199. The molecule has 232 valence electrons. The number of rotatable bonds is 16. The predicted molar refractivity (Wildman–Crippen MR) is 171 cm³/mol. The fourth-order valence-electron chi connectivity index (χ4n) is 4.10. The number of methoxy groups -OCH3 is 4. The first-order valence-corrected chi connectivity index (χ1v) is 16.4. The van der Waals surface area contributed by atoms with Crippen LogP contribution in [0.5, 0.6) is 28.7 Å². The molecule has 1 unspecified atom stereocenters. The van der Waals surface area contributed by atoms with Crippen molar-refractivity contribution in [3.8, 4) is 28.7 Å². The maximum Gasteiger partial charge on any atom is 0.530 e. The highest BCUT2D eigenvalue weighted by atomic mass is 32.2. The standard InChI is InChI=1S/C33H35O9PS/c1-36-28-20-31(38-3)29(32(21-28)39-4)17-18-44(35)24-27-15-16-30(37-2)33(19-27)42-43(34,40-22-25-11-7-5-8-12-25)41-23-26-13-9-6-10-14-26/h5-21H,22-24H2,1-4H3. The zero-order valence-electron chi connectivity index (χ0n) is 25.0. The smallest absolute Gasteiger partial charge is 0.530 e. The van der Waals surface area contributed by atoms with Gasteiger partial charge in [-0.25, -0.2) is 4.57 Å². The van der Waals surface area contributed by atoms with E-state index in [9.17, 15) is 9.12 Å². The van der Waals surface area contributed by atoms with Gasteiger partial charge in [0.05, 0.1) is 47.2 Å². The van der Waals surface area contributed by atoms with Gasteiger partial charge in [0, 0.05) is 23.8 Å². The zero-order valence-corrected chi connectivity index (χ0v) is 26.7. The number of ether oxygens (including phenoxy) is 4. The van der Waals surface area contributed by atoms with Gasteiger partial charge in [0.25, 0.3) is 0 Å². The van der Waals surface area contributed by atoms with E-state index in [1.807, 2.05) is 60.7 Å². The molecule has 9 nitrogen and oxygen atoms in total. The Labute approximate surface area is 261 Å². The van der Waals surface area contributed by atoms with E-state index in [1.165, 1.54) is 21.3 Å². The predicted octanol–water partition coefficient (Wildman–Crippen LogP) is 7.56. The summed E-state index contributed by atoms with van der Waals surface area (Å²) in [5, 5.41) is 1.55. The van der Waals surface area contributed by atoms with Crippen LogP contribution in [0.1, 0.15) is 22.3 Å². The molecule has 0 aliphatic heterocycles. The van der Waals surface area contributed by atoms with Crippen molar-refractivity contribution < 1.29 is 41.6 Å². The van der Waals surface area contributed by atoms with Crippen molar-refractivity contribution in [2.75, 3.05) is 28.4 Å². The molecule has 4 rings (SSSR count). The fraction of sp³-hybridized carbons (Fsp3) is 0.212. The lowest BCUT2D eigenvalue weighted by Gasteiger charge is -2.20. The molecule has 0 aromatic heterocycles. The highest BCUT2D eigenvalue weighted by Gasteiger charge is 2.31. The molecule has 0 heterocycles. The summed E-state index contributed by atoms with van der Waals surface area (Å²) in [6.07, 6.45) is 1.68. The quantitative estimate of drug-likeness (QED) is 0.0908. The van der Waals surface area contributed by atoms with E-state index >= 15 is 0 Å². The van der Waals surface area contributed by atoms with Crippen LogP contribution >= 0.6 is 7.82 Å². The van der Waals surface area contributed by atoms with Gasteiger partial charge in [-0.2, -0.15) is 0 Å². The second kappa shape index (κ2) is 16.2. The second-order valence-corrected chi connectivity index (χ2v) is 12.2. The van der Waals surface area contributed by atoms with Gasteiger partial charge < -0.3 is 28.0 Å². The summed E-state index contributed by atoms with van der Waals surface area (Å²) in [6.45, 7) is 0.00399. The lowest BCUT2D eigenvalue weighted by molar-refractivity contribution is 0.142. The van der Waals surface area contributed by atoms with E-state index in [4.69, 9.17) is 32.5 Å². The lowest BCUT2D eigenvalue weighted by atomic mass is 10.1. The highest BCUT2D eigenvalue weighted by molar-refractivity contribution is 7.93. The third-order valence-electron chi connectivity index (χ3n) is 6.35. The average molecular weight is 639 g/mol. The van der Waals surface area contributed by atoms with Crippen LogP contribution in [0.15, 0.2) is 96.4 Å². The first-order valence-electron chi connectivity index (χ1n) is 13.5. The number of benzene rings is 4. The minimum Gasteiger partial charge on any atom is -0.612 e. The van der Waals surface area contributed by atoms with Gasteiger partial charge in [-0.15, -0.1) is 0 Å². The molecule has 0 aliphatic rings. The largest absolute Gasteiger partial charge is 0.612 e. The van der Waals surface area contributed by atoms with Crippen molar-refractivity contribution in [1.29, 1.82) is 0 Å². The SMILES string of the molecule is COc1cc(OC)c(C=C[S+]([O-])Cc2ccc(OC)c(OP(=O)(OCc3ccccc3)OCc3ccccc3)c2)c(OC)c1. The van der Waals surface area contributed by atoms with Crippen LogP contribution in [-0.2, 0) is 43.8 Å². The Bertz CT molecular complexity index is 1490. The first-order chi connectivity index (χ1) is 21.4. The van der Waals surface area contributed by atoms with Crippen LogP contribution < -0.4 is 23.5 Å².